The second-order valence-corrected chi connectivity index (χ2v) is 7.04. The number of nitrogens with zero attached hydrogens (tertiary/aromatic N) is 1. The zero-order valence-corrected chi connectivity index (χ0v) is 14.9. The first-order chi connectivity index (χ1) is 13.1. The lowest BCUT2D eigenvalue weighted by atomic mass is 10.0. The van der Waals surface area contributed by atoms with Crippen LogP contribution in [0, 0.1) is 10.1 Å². The minimum Gasteiger partial charge on any atom is -0.321 e. The molecular weight excluding hydrogens is 360 g/mol. The van der Waals surface area contributed by atoms with Crippen LogP contribution in [0.25, 0.3) is 21.2 Å². The zero-order chi connectivity index (χ0) is 18.8. The van der Waals surface area contributed by atoms with Crippen molar-refractivity contribution in [2.45, 2.75) is 0 Å². The monoisotopic (exact) mass is 374 g/mol. The van der Waals surface area contributed by atoms with Gasteiger partial charge < -0.3 is 5.32 Å². The molecule has 0 spiro atoms. The summed E-state index contributed by atoms with van der Waals surface area (Å²) in [5.74, 6) is -0.234. The van der Waals surface area contributed by atoms with E-state index in [0.717, 1.165) is 21.5 Å². The molecule has 0 aliphatic carbocycles. The number of rotatable bonds is 4. The van der Waals surface area contributed by atoms with Gasteiger partial charge in [-0.1, -0.05) is 48.5 Å². The maximum atomic E-state index is 12.8. The molecule has 1 N–H and O–H groups in total. The number of thiophene rings is 1. The van der Waals surface area contributed by atoms with Crippen molar-refractivity contribution in [2.24, 2.45) is 0 Å². The molecule has 0 saturated carbocycles. The van der Waals surface area contributed by atoms with Crippen molar-refractivity contribution in [3.63, 3.8) is 0 Å². The van der Waals surface area contributed by atoms with E-state index in [4.69, 9.17) is 0 Å². The third-order valence-electron chi connectivity index (χ3n) is 4.19. The fourth-order valence-electron chi connectivity index (χ4n) is 2.90. The summed E-state index contributed by atoms with van der Waals surface area (Å²) < 4.78 is 0.835. The van der Waals surface area contributed by atoms with Crippen LogP contribution in [0.2, 0.25) is 0 Å². The van der Waals surface area contributed by atoms with Gasteiger partial charge in [0.05, 0.1) is 9.80 Å². The van der Waals surface area contributed by atoms with Crippen molar-refractivity contribution in [1.82, 2.24) is 0 Å². The van der Waals surface area contributed by atoms with Gasteiger partial charge in [-0.15, -0.1) is 11.3 Å². The lowest BCUT2D eigenvalue weighted by molar-refractivity contribution is -0.384. The van der Waals surface area contributed by atoms with Gasteiger partial charge in [-0.3, -0.25) is 14.9 Å². The van der Waals surface area contributed by atoms with Crippen molar-refractivity contribution in [3.05, 3.63) is 93.9 Å². The molecule has 27 heavy (non-hydrogen) atoms. The van der Waals surface area contributed by atoms with E-state index < -0.39 is 4.92 Å². The second kappa shape index (κ2) is 7.01. The van der Waals surface area contributed by atoms with Crippen LogP contribution in [-0.2, 0) is 0 Å². The Balaban J connectivity index is 1.65. The number of fused-ring (bicyclic) bond motifs is 1. The summed E-state index contributed by atoms with van der Waals surface area (Å²) >= 11 is 1.31. The Morgan fingerprint density at radius 3 is 2.44 bits per heavy atom. The van der Waals surface area contributed by atoms with Gasteiger partial charge in [-0.2, -0.15) is 0 Å². The van der Waals surface area contributed by atoms with Gasteiger partial charge in [0, 0.05) is 33.5 Å². The Labute approximate surface area is 159 Å². The molecule has 1 amide bonds. The number of hydrogen-bond acceptors (Lipinski definition) is 4. The van der Waals surface area contributed by atoms with E-state index in [9.17, 15) is 14.9 Å². The van der Waals surface area contributed by atoms with Crippen molar-refractivity contribution < 1.29 is 9.72 Å². The number of hydrogen-bond donors (Lipinski definition) is 1. The summed E-state index contributed by atoms with van der Waals surface area (Å²) in [6, 6.07) is 23.7. The first kappa shape index (κ1) is 16.9. The third-order valence-corrected chi connectivity index (χ3v) is 5.31. The summed E-state index contributed by atoms with van der Waals surface area (Å²) in [4.78, 5) is 23.8. The summed E-state index contributed by atoms with van der Waals surface area (Å²) in [7, 11) is 0. The van der Waals surface area contributed by atoms with E-state index in [1.807, 2.05) is 54.6 Å². The Morgan fingerprint density at radius 1 is 0.926 bits per heavy atom. The number of anilines is 1. The normalized spacial score (nSPS) is 10.7. The number of nitro benzene ring substituents is 1. The number of para-hydroxylation sites is 1. The molecule has 4 rings (SSSR count). The van der Waals surface area contributed by atoms with Gasteiger partial charge >= 0.3 is 0 Å². The Kier molecular flexibility index (Phi) is 4.40. The highest BCUT2D eigenvalue weighted by atomic mass is 32.1. The molecule has 0 atom stereocenters. The van der Waals surface area contributed by atoms with E-state index >= 15 is 0 Å². The van der Waals surface area contributed by atoms with E-state index in [1.54, 1.807) is 12.1 Å². The Bertz CT molecular complexity index is 1150. The van der Waals surface area contributed by atoms with Crippen molar-refractivity contribution in [3.8, 4) is 11.1 Å². The Morgan fingerprint density at radius 2 is 1.67 bits per heavy atom. The fourth-order valence-corrected chi connectivity index (χ4v) is 3.84. The molecule has 1 aromatic heterocycles. The molecule has 1 heterocycles. The van der Waals surface area contributed by atoms with Gasteiger partial charge in [0.25, 0.3) is 11.6 Å². The topological polar surface area (TPSA) is 72.2 Å². The van der Waals surface area contributed by atoms with Gasteiger partial charge in [-0.25, -0.2) is 0 Å². The molecule has 0 aliphatic heterocycles. The number of carbonyl (C=O) groups is 1. The Hall–Kier alpha value is -3.51. The van der Waals surface area contributed by atoms with Crippen LogP contribution in [0.1, 0.15) is 9.67 Å². The standard InChI is InChI=1S/C21H14N2O3S/c24-21(20-13-15-12-16(23(25)26)10-11-19(15)27-20)22-18-9-5-4-8-17(18)14-6-2-1-3-7-14/h1-13H,(H,22,24). The molecular formula is C21H14N2O3S. The van der Waals surface area contributed by atoms with Gasteiger partial charge in [0.1, 0.15) is 0 Å². The van der Waals surface area contributed by atoms with Crippen LogP contribution in [0.15, 0.2) is 78.9 Å². The van der Waals surface area contributed by atoms with E-state index in [1.165, 1.54) is 23.5 Å². The average molecular weight is 374 g/mol. The minimum absolute atomic E-state index is 0.0154. The third kappa shape index (κ3) is 3.43. The van der Waals surface area contributed by atoms with E-state index in [0.29, 0.717) is 10.3 Å². The predicted octanol–water partition coefficient (Wildman–Crippen LogP) is 5.73. The summed E-state index contributed by atoms with van der Waals surface area (Å²) in [6.45, 7) is 0. The summed E-state index contributed by atoms with van der Waals surface area (Å²) in [6.07, 6.45) is 0. The summed E-state index contributed by atoms with van der Waals surface area (Å²) in [5, 5.41) is 14.6. The van der Waals surface area contributed by atoms with Crippen LogP contribution in [0.4, 0.5) is 11.4 Å². The molecule has 0 saturated heterocycles. The summed E-state index contributed by atoms with van der Waals surface area (Å²) in [5.41, 5.74) is 2.68. The molecule has 0 fully saturated rings. The molecule has 4 aromatic rings. The molecule has 0 unspecified atom stereocenters. The maximum absolute atomic E-state index is 12.8. The number of non-ortho nitro benzene ring substituents is 1. The SMILES string of the molecule is O=C(Nc1ccccc1-c1ccccc1)c1cc2cc([N+](=O)[O-])ccc2s1. The zero-order valence-electron chi connectivity index (χ0n) is 14.1. The van der Waals surface area contributed by atoms with Gasteiger partial charge in [0.15, 0.2) is 0 Å². The van der Waals surface area contributed by atoms with Gasteiger partial charge in [0.2, 0.25) is 0 Å². The van der Waals surface area contributed by atoms with Crippen LogP contribution in [-0.4, -0.2) is 10.8 Å². The second-order valence-electron chi connectivity index (χ2n) is 5.96. The van der Waals surface area contributed by atoms with Crippen LogP contribution < -0.4 is 5.32 Å². The highest BCUT2D eigenvalue weighted by Crippen LogP contribution is 2.31. The average Bonchev–Trinajstić information content (AvgIpc) is 3.12. The largest absolute Gasteiger partial charge is 0.321 e. The van der Waals surface area contributed by atoms with E-state index in [-0.39, 0.29) is 11.6 Å². The smallest absolute Gasteiger partial charge is 0.270 e. The first-order valence-electron chi connectivity index (χ1n) is 8.25. The first-order valence-corrected chi connectivity index (χ1v) is 9.07. The fraction of sp³-hybridized carbons (Fsp3) is 0. The maximum Gasteiger partial charge on any atom is 0.270 e. The molecule has 0 radical (unpaired) electrons. The lowest BCUT2D eigenvalue weighted by Gasteiger charge is -2.10. The van der Waals surface area contributed by atoms with E-state index in [2.05, 4.69) is 5.32 Å². The number of nitrogens with one attached hydrogen (secondary N) is 1. The minimum atomic E-state index is -0.438. The number of amides is 1. The number of carbonyl (C=O) groups excluding carboxylic acids is 1. The highest BCUT2D eigenvalue weighted by molar-refractivity contribution is 7.20. The van der Waals surface area contributed by atoms with Crippen molar-refractivity contribution in [1.29, 1.82) is 0 Å². The van der Waals surface area contributed by atoms with Crippen LogP contribution in [0.3, 0.4) is 0 Å². The highest BCUT2D eigenvalue weighted by Gasteiger charge is 2.15. The lowest BCUT2D eigenvalue weighted by Crippen LogP contribution is -2.10. The van der Waals surface area contributed by atoms with Crippen molar-refractivity contribution >= 4 is 38.7 Å². The van der Waals surface area contributed by atoms with Crippen LogP contribution >= 0.6 is 11.3 Å². The predicted molar refractivity (Wildman–Crippen MR) is 108 cm³/mol. The van der Waals surface area contributed by atoms with Crippen molar-refractivity contribution in [2.75, 3.05) is 5.32 Å². The quantitative estimate of drug-likeness (QED) is 0.366. The molecule has 6 heteroatoms. The molecule has 5 nitrogen and oxygen atoms in total. The molecule has 132 valence electrons. The molecule has 0 bridgehead atoms. The molecule has 0 aliphatic rings. The van der Waals surface area contributed by atoms with Crippen LogP contribution in [0.5, 0.6) is 0 Å². The number of nitro groups is 1. The molecule has 3 aromatic carbocycles. The van der Waals surface area contributed by atoms with Gasteiger partial charge in [-0.05, 0) is 23.8 Å². The number of benzene rings is 3.